The molecule has 0 fully saturated rings. The molecule has 0 aromatic heterocycles. The molecule has 0 aliphatic rings. The molecule has 7 heteroatoms. The van der Waals surface area contributed by atoms with Gasteiger partial charge in [-0.15, -0.1) is 0 Å². The van der Waals surface area contributed by atoms with Gasteiger partial charge in [-0.25, -0.2) is 4.79 Å². The van der Waals surface area contributed by atoms with Gasteiger partial charge in [0, 0.05) is 12.1 Å². The average Bonchev–Trinajstić information content (AvgIpc) is 2.80. The number of rotatable bonds is 9. The number of carboxylic acids is 1. The molecular weight excluding hydrogens is 430 g/mol. The molecule has 0 bridgehead atoms. The van der Waals surface area contributed by atoms with Crippen molar-refractivity contribution in [3.05, 3.63) is 100 Å². The first-order valence-electron chi connectivity index (χ1n) is 10.0. The van der Waals surface area contributed by atoms with E-state index in [-0.39, 0.29) is 23.8 Å². The van der Waals surface area contributed by atoms with Gasteiger partial charge in [-0.1, -0.05) is 60.1 Å². The first-order chi connectivity index (χ1) is 15.4. The number of aromatic carboxylic acids is 1. The summed E-state index contributed by atoms with van der Waals surface area (Å²) in [5, 5.41) is 12.6. The van der Waals surface area contributed by atoms with Gasteiger partial charge in [0.05, 0.1) is 17.2 Å². The van der Waals surface area contributed by atoms with Crippen LogP contribution in [0.4, 0.5) is 0 Å². The summed E-state index contributed by atoms with van der Waals surface area (Å²) >= 11 is 6.13. The van der Waals surface area contributed by atoms with Gasteiger partial charge < -0.3 is 19.9 Å². The Hall–Kier alpha value is -3.35. The van der Waals surface area contributed by atoms with E-state index in [0.717, 1.165) is 5.56 Å². The lowest BCUT2D eigenvalue weighted by Gasteiger charge is -2.20. The molecular formula is C25H24ClNO5. The molecule has 1 amide bonds. The van der Waals surface area contributed by atoms with E-state index in [9.17, 15) is 14.7 Å². The van der Waals surface area contributed by atoms with E-state index in [4.69, 9.17) is 21.1 Å². The third kappa shape index (κ3) is 5.66. The van der Waals surface area contributed by atoms with Gasteiger partial charge in [0.25, 0.3) is 5.91 Å². The van der Waals surface area contributed by atoms with E-state index in [1.165, 1.54) is 12.1 Å². The maximum atomic E-state index is 13.0. The summed E-state index contributed by atoms with van der Waals surface area (Å²) in [6.07, 6.45) is -0.316. The fourth-order valence-electron chi connectivity index (χ4n) is 3.36. The molecule has 0 aliphatic carbocycles. The quantitative estimate of drug-likeness (QED) is 0.459. The predicted molar refractivity (Wildman–Crippen MR) is 122 cm³/mol. The van der Waals surface area contributed by atoms with Crippen LogP contribution in [0.1, 0.15) is 50.9 Å². The van der Waals surface area contributed by atoms with Crippen molar-refractivity contribution < 1.29 is 24.2 Å². The van der Waals surface area contributed by atoms with Crippen LogP contribution in [0.2, 0.25) is 5.02 Å². The Morgan fingerprint density at radius 1 is 1.00 bits per heavy atom. The van der Waals surface area contributed by atoms with Gasteiger partial charge >= 0.3 is 5.97 Å². The normalized spacial score (nSPS) is 12.6. The number of carbonyl (C=O) groups excluding carboxylic acids is 1. The fraction of sp³-hybridized carbons (Fsp3) is 0.200. The number of amides is 1. The second-order valence-corrected chi connectivity index (χ2v) is 7.61. The zero-order valence-corrected chi connectivity index (χ0v) is 18.5. The van der Waals surface area contributed by atoms with E-state index < -0.39 is 17.9 Å². The lowest BCUT2D eigenvalue weighted by atomic mass is 10.0. The Bertz CT molecular complexity index is 1090. The maximum Gasteiger partial charge on any atom is 0.336 e. The molecule has 0 saturated carbocycles. The van der Waals surface area contributed by atoms with Crippen LogP contribution < -0.4 is 10.1 Å². The zero-order valence-electron chi connectivity index (χ0n) is 17.7. The third-order valence-electron chi connectivity index (χ3n) is 5.04. The van der Waals surface area contributed by atoms with Crippen molar-refractivity contribution in [2.45, 2.75) is 19.1 Å². The van der Waals surface area contributed by atoms with Gasteiger partial charge in [0.1, 0.15) is 18.5 Å². The Labute approximate surface area is 191 Å². The van der Waals surface area contributed by atoms with Crippen LogP contribution >= 0.6 is 11.6 Å². The van der Waals surface area contributed by atoms with E-state index in [1.807, 2.05) is 30.3 Å². The first kappa shape index (κ1) is 23.3. The molecule has 0 aliphatic heterocycles. The number of ether oxygens (including phenoxy) is 2. The highest BCUT2D eigenvalue weighted by Crippen LogP contribution is 2.27. The average molecular weight is 454 g/mol. The standard InChI is InChI=1S/C25H24ClNO5/c1-16(19-10-6-7-11-20(19)25(29)30)27-24(28)21-14-18(26)12-13-22(21)32-15-23(31-2)17-8-4-3-5-9-17/h3-14,16,23H,15H2,1-2H3,(H,27,28)(H,29,30)/t16-,23+/m0/s1. The van der Waals surface area contributed by atoms with E-state index in [1.54, 1.807) is 44.4 Å². The highest BCUT2D eigenvalue weighted by Gasteiger charge is 2.21. The fourth-order valence-corrected chi connectivity index (χ4v) is 3.53. The minimum atomic E-state index is -1.06. The highest BCUT2D eigenvalue weighted by atomic mass is 35.5. The van der Waals surface area contributed by atoms with Gasteiger partial charge in [0.15, 0.2) is 0 Å². The lowest BCUT2D eigenvalue weighted by molar-refractivity contribution is 0.0569. The molecule has 32 heavy (non-hydrogen) atoms. The molecule has 3 aromatic rings. The van der Waals surface area contributed by atoms with Crippen molar-refractivity contribution in [3.8, 4) is 5.75 Å². The second kappa shape index (κ2) is 10.8. The van der Waals surface area contributed by atoms with Crippen molar-refractivity contribution in [1.82, 2.24) is 5.32 Å². The molecule has 0 unspecified atom stereocenters. The van der Waals surface area contributed by atoms with Gasteiger partial charge in [-0.05, 0) is 42.3 Å². The van der Waals surface area contributed by atoms with Crippen LogP contribution in [-0.2, 0) is 4.74 Å². The smallest absolute Gasteiger partial charge is 0.336 e. The number of halogens is 1. The summed E-state index contributed by atoms with van der Waals surface area (Å²) in [6.45, 7) is 1.92. The minimum absolute atomic E-state index is 0.133. The monoisotopic (exact) mass is 453 g/mol. The SMILES string of the molecule is CO[C@H](COc1ccc(Cl)cc1C(=O)N[C@@H](C)c1ccccc1C(=O)O)c1ccccc1. The van der Waals surface area contributed by atoms with Crippen molar-refractivity contribution in [3.63, 3.8) is 0 Å². The summed E-state index contributed by atoms with van der Waals surface area (Å²) in [7, 11) is 1.60. The number of carbonyl (C=O) groups is 2. The molecule has 3 rings (SSSR count). The topological polar surface area (TPSA) is 84.9 Å². The zero-order chi connectivity index (χ0) is 23.1. The molecule has 2 atom stereocenters. The van der Waals surface area contributed by atoms with Gasteiger partial charge in [0.2, 0.25) is 0 Å². The molecule has 3 aromatic carbocycles. The third-order valence-corrected chi connectivity index (χ3v) is 5.27. The molecule has 0 heterocycles. The van der Waals surface area contributed by atoms with Crippen LogP contribution in [0.3, 0.4) is 0 Å². The molecule has 0 saturated heterocycles. The van der Waals surface area contributed by atoms with Gasteiger partial charge in [-0.3, -0.25) is 4.79 Å². The van der Waals surface area contributed by atoms with Crippen molar-refractivity contribution >= 4 is 23.5 Å². The van der Waals surface area contributed by atoms with Crippen LogP contribution in [0, 0.1) is 0 Å². The number of carboxylic acid groups (broad SMARTS) is 1. The summed E-state index contributed by atoms with van der Waals surface area (Å²) in [6, 6.07) is 20.4. The largest absolute Gasteiger partial charge is 0.490 e. The number of hydrogen-bond donors (Lipinski definition) is 2. The predicted octanol–water partition coefficient (Wildman–Crippen LogP) is 5.30. The van der Waals surface area contributed by atoms with E-state index in [2.05, 4.69) is 5.32 Å². The number of hydrogen-bond acceptors (Lipinski definition) is 4. The molecule has 6 nitrogen and oxygen atoms in total. The minimum Gasteiger partial charge on any atom is -0.490 e. The molecule has 2 N–H and O–H groups in total. The summed E-state index contributed by atoms with van der Waals surface area (Å²) in [4.78, 5) is 24.6. The van der Waals surface area contributed by atoms with Crippen molar-refractivity contribution in [2.75, 3.05) is 13.7 Å². The summed E-state index contributed by atoms with van der Waals surface area (Å²) in [5.41, 5.74) is 1.84. The Balaban J connectivity index is 1.78. The Kier molecular flexibility index (Phi) is 7.87. The number of benzene rings is 3. The number of methoxy groups -OCH3 is 1. The first-order valence-corrected chi connectivity index (χ1v) is 10.4. The van der Waals surface area contributed by atoms with Crippen molar-refractivity contribution in [1.29, 1.82) is 0 Å². The Morgan fingerprint density at radius 3 is 2.38 bits per heavy atom. The van der Waals surface area contributed by atoms with E-state index in [0.29, 0.717) is 16.3 Å². The Morgan fingerprint density at radius 2 is 1.69 bits per heavy atom. The summed E-state index contributed by atoms with van der Waals surface area (Å²) < 4.78 is 11.5. The van der Waals surface area contributed by atoms with Crippen LogP contribution in [-0.4, -0.2) is 30.7 Å². The highest BCUT2D eigenvalue weighted by molar-refractivity contribution is 6.31. The molecule has 0 spiro atoms. The van der Waals surface area contributed by atoms with Gasteiger partial charge in [-0.2, -0.15) is 0 Å². The summed E-state index contributed by atoms with van der Waals surface area (Å²) in [5.74, 6) is -1.13. The molecule has 0 radical (unpaired) electrons. The van der Waals surface area contributed by atoms with Crippen LogP contribution in [0.15, 0.2) is 72.8 Å². The van der Waals surface area contributed by atoms with E-state index >= 15 is 0 Å². The van der Waals surface area contributed by atoms with Crippen LogP contribution in [0.25, 0.3) is 0 Å². The maximum absolute atomic E-state index is 13.0. The lowest BCUT2D eigenvalue weighted by Crippen LogP contribution is -2.28. The van der Waals surface area contributed by atoms with Crippen molar-refractivity contribution in [2.24, 2.45) is 0 Å². The number of nitrogens with one attached hydrogen (secondary N) is 1. The van der Waals surface area contributed by atoms with Crippen LogP contribution in [0.5, 0.6) is 5.75 Å². The second-order valence-electron chi connectivity index (χ2n) is 7.17. The molecule has 166 valence electrons.